The summed E-state index contributed by atoms with van der Waals surface area (Å²) in [4.78, 5) is 9.55. The molecular weight excluding hydrogens is 262 g/mol. The van der Waals surface area contributed by atoms with Crippen LogP contribution in [0.25, 0.3) is 0 Å². The zero-order chi connectivity index (χ0) is 14.4. The van der Waals surface area contributed by atoms with Gasteiger partial charge in [0.1, 0.15) is 5.60 Å². The molecule has 4 heteroatoms. The molecule has 0 aromatic carbocycles. The van der Waals surface area contributed by atoms with Crippen LogP contribution in [-0.4, -0.2) is 48.2 Å². The summed E-state index contributed by atoms with van der Waals surface area (Å²) in [6.07, 6.45) is 5.60. The van der Waals surface area contributed by atoms with Crippen molar-refractivity contribution >= 4 is 5.69 Å². The molecule has 3 saturated heterocycles. The second-order valence-corrected chi connectivity index (χ2v) is 6.72. The fraction of sp³-hybridized carbons (Fsp3) is 0.706. The second kappa shape index (κ2) is 4.87. The van der Waals surface area contributed by atoms with E-state index in [4.69, 9.17) is 4.74 Å². The predicted octanol–water partition coefficient (Wildman–Crippen LogP) is 2.33. The molecule has 1 spiro atoms. The van der Waals surface area contributed by atoms with Crippen LogP contribution in [0.3, 0.4) is 0 Å². The van der Waals surface area contributed by atoms with Crippen molar-refractivity contribution in [3.63, 3.8) is 0 Å². The average molecular weight is 287 g/mol. The van der Waals surface area contributed by atoms with E-state index in [9.17, 15) is 0 Å². The van der Waals surface area contributed by atoms with Gasteiger partial charge >= 0.3 is 0 Å². The topological polar surface area (TPSA) is 28.6 Å². The smallest absolute Gasteiger partial charge is 0.217 e. The highest BCUT2D eigenvalue weighted by molar-refractivity contribution is 5.51. The van der Waals surface area contributed by atoms with Gasteiger partial charge in [-0.1, -0.05) is 0 Å². The van der Waals surface area contributed by atoms with Crippen LogP contribution in [-0.2, 0) is 6.42 Å². The lowest BCUT2D eigenvalue weighted by molar-refractivity contribution is -0.0814. The van der Waals surface area contributed by atoms with Gasteiger partial charge in [0, 0.05) is 37.5 Å². The van der Waals surface area contributed by atoms with Crippen LogP contribution in [0.2, 0.25) is 0 Å². The third-order valence-electron chi connectivity index (χ3n) is 5.65. The number of aromatic nitrogens is 1. The Kier molecular flexibility index (Phi) is 3.10. The van der Waals surface area contributed by atoms with E-state index in [1.165, 1.54) is 37.2 Å². The van der Waals surface area contributed by atoms with Crippen LogP contribution < -0.4 is 9.64 Å². The first kappa shape index (κ1) is 13.4. The lowest BCUT2D eigenvalue weighted by Gasteiger charge is -2.50. The van der Waals surface area contributed by atoms with E-state index in [0.717, 1.165) is 31.9 Å². The van der Waals surface area contributed by atoms with Gasteiger partial charge in [-0.3, -0.25) is 4.90 Å². The van der Waals surface area contributed by atoms with Crippen LogP contribution in [0, 0.1) is 5.92 Å². The quantitative estimate of drug-likeness (QED) is 0.853. The van der Waals surface area contributed by atoms with E-state index in [0.29, 0.717) is 5.92 Å². The number of rotatable bonds is 3. The molecule has 2 bridgehead atoms. The Morgan fingerprint density at radius 3 is 2.71 bits per heavy atom. The summed E-state index contributed by atoms with van der Waals surface area (Å²) in [6, 6.07) is 2.31. The van der Waals surface area contributed by atoms with Crippen LogP contribution in [0.4, 0.5) is 5.69 Å². The summed E-state index contributed by atoms with van der Waals surface area (Å²) in [7, 11) is 0. The molecule has 4 aliphatic rings. The summed E-state index contributed by atoms with van der Waals surface area (Å²) in [6.45, 7) is 10.0. The standard InChI is InChI=1S/C17H25N3O/c1-3-20(4-2)15-9-13-10-17(21-16(13)18-11-15)12-19-7-5-14(17)6-8-19/h9,11,14H,3-8,10,12H2,1-2H3/t17-/m0/s1. The first-order valence-corrected chi connectivity index (χ1v) is 8.39. The maximum absolute atomic E-state index is 6.40. The number of hydrogen-bond donors (Lipinski definition) is 0. The fourth-order valence-electron chi connectivity index (χ4n) is 4.46. The SMILES string of the molecule is CCN(CC)c1cnc2c(c1)C[C@@]1(CN3CCC1CC3)O2. The van der Waals surface area contributed by atoms with Gasteiger partial charge in [-0.05, 0) is 45.8 Å². The van der Waals surface area contributed by atoms with Gasteiger partial charge in [-0.2, -0.15) is 0 Å². The summed E-state index contributed by atoms with van der Waals surface area (Å²) in [5.41, 5.74) is 2.57. The van der Waals surface area contributed by atoms with Gasteiger partial charge in [0.15, 0.2) is 0 Å². The minimum atomic E-state index is 0.0215. The zero-order valence-corrected chi connectivity index (χ0v) is 13.1. The average Bonchev–Trinajstić information content (AvgIpc) is 2.86. The van der Waals surface area contributed by atoms with Crippen LogP contribution in [0.1, 0.15) is 32.3 Å². The number of pyridine rings is 1. The van der Waals surface area contributed by atoms with Crippen molar-refractivity contribution in [2.45, 2.75) is 38.7 Å². The van der Waals surface area contributed by atoms with Crippen molar-refractivity contribution in [3.8, 4) is 5.88 Å². The number of fused-ring (bicyclic) bond motifs is 3. The maximum Gasteiger partial charge on any atom is 0.217 e. The number of ether oxygens (including phenoxy) is 1. The van der Waals surface area contributed by atoms with Crippen molar-refractivity contribution in [3.05, 3.63) is 17.8 Å². The van der Waals surface area contributed by atoms with Gasteiger partial charge in [-0.15, -0.1) is 0 Å². The highest BCUT2D eigenvalue weighted by atomic mass is 16.5. The molecule has 0 radical (unpaired) electrons. The summed E-state index contributed by atoms with van der Waals surface area (Å²) in [5.74, 6) is 1.60. The number of nitrogens with zero attached hydrogens (tertiary/aromatic N) is 3. The Balaban J connectivity index is 1.62. The number of hydrogen-bond acceptors (Lipinski definition) is 4. The Hall–Kier alpha value is -1.29. The van der Waals surface area contributed by atoms with Gasteiger partial charge in [0.05, 0.1) is 11.9 Å². The Morgan fingerprint density at radius 1 is 1.33 bits per heavy atom. The van der Waals surface area contributed by atoms with Crippen LogP contribution in [0.5, 0.6) is 5.88 Å². The second-order valence-electron chi connectivity index (χ2n) is 6.72. The molecule has 0 saturated carbocycles. The molecule has 4 nitrogen and oxygen atoms in total. The predicted molar refractivity (Wildman–Crippen MR) is 84.0 cm³/mol. The van der Waals surface area contributed by atoms with E-state index < -0.39 is 0 Å². The molecular formula is C17H25N3O. The Bertz CT molecular complexity index is 535. The van der Waals surface area contributed by atoms with Crippen molar-refractivity contribution < 1.29 is 4.74 Å². The van der Waals surface area contributed by atoms with Gasteiger partial charge in [0.2, 0.25) is 5.88 Å². The van der Waals surface area contributed by atoms with Crippen molar-refractivity contribution in [1.82, 2.24) is 9.88 Å². The first-order chi connectivity index (χ1) is 10.2. The highest BCUT2D eigenvalue weighted by Gasteiger charge is 2.52. The van der Waals surface area contributed by atoms with Gasteiger partial charge in [-0.25, -0.2) is 4.98 Å². The molecule has 1 atom stereocenters. The Labute approximate surface area is 127 Å². The van der Waals surface area contributed by atoms with Crippen LogP contribution in [0.15, 0.2) is 12.3 Å². The maximum atomic E-state index is 6.40. The van der Waals surface area contributed by atoms with Crippen molar-refractivity contribution in [2.24, 2.45) is 5.92 Å². The molecule has 4 aliphatic heterocycles. The zero-order valence-electron chi connectivity index (χ0n) is 13.1. The molecule has 0 amide bonds. The molecule has 1 aromatic rings. The third kappa shape index (κ3) is 2.03. The summed E-state index contributed by atoms with van der Waals surface area (Å²) < 4.78 is 6.40. The summed E-state index contributed by atoms with van der Waals surface area (Å²) in [5, 5.41) is 0. The lowest BCUT2D eigenvalue weighted by Crippen LogP contribution is -2.61. The van der Waals surface area contributed by atoms with Gasteiger partial charge < -0.3 is 9.64 Å². The van der Waals surface area contributed by atoms with E-state index in [-0.39, 0.29) is 5.60 Å². The molecule has 3 fully saturated rings. The van der Waals surface area contributed by atoms with E-state index in [1.54, 1.807) is 0 Å². The largest absolute Gasteiger partial charge is 0.469 e. The van der Waals surface area contributed by atoms with E-state index in [1.807, 2.05) is 6.20 Å². The van der Waals surface area contributed by atoms with E-state index in [2.05, 4.69) is 34.7 Å². The monoisotopic (exact) mass is 287 g/mol. The first-order valence-electron chi connectivity index (χ1n) is 8.39. The minimum absolute atomic E-state index is 0.0215. The molecule has 5 rings (SSSR count). The highest BCUT2D eigenvalue weighted by Crippen LogP contribution is 2.46. The number of piperidine rings is 3. The molecule has 0 N–H and O–H groups in total. The molecule has 1 aromatic heterocycles. The van der Waals surface area contributed by atoms with E-state index >= 15 is 0 Å². The van der Waals surface area contributed by atoms with Crippen molar-refractivity contribution in [1.29, 1.82) is 0 Å². The number of anilines is 1. The molecule has 0 aliphatic carbocycles. The molecule has 114 valence electrons. The minimum Gasteiger partial charge on any atom is -0.469 e. The lowest BCUT2D eigenvalue weighted by atomic mass is 9.73. The van der Waals surface area contributed by atoms with Crippen LogP contribution >= 0.6 is 0 Å². The van der Waals surface area contributed by atoms with Crippen molar-refractivity contribution in [2.75, 3.05) is 37.6 Å². The fourth-order valence-corrected chi connectivity index (χ4v) is 4.46. The Morgan fingerprint density at radius 2 is 2.10 bits per heavy atom. The molecule has 21 heavy (non-hydrogen) atoms. The molecule has 5 heterocycles. The summed E-state index contributed by atoms with van der Waals surface area (Å²) >= 11 is 0. The third-order valence-corrected chi connectivity index (χ3v) is 5.65. The normalized spacial score (nSPS) is 33.0. The molecule has 0 unspecified atom stereocenters. The van der Waals surface area contributed by atoms with Gasteiger partial charge in [0.25, 0.3) is 0 Å².